The number of aliphatic hydroxyl groups excluding tert-OH is 2. The summed E-state index contributed by atoms with van der Waals surface area (Å²) in [6, 6.07) is 0. The van der Waals surface area contributed by atoms with Gasteiger partial charge in [-0.3, -0.25) is 0 Å². The van der Waals surface area contributed by atoms with Crippen LogP contribution in [0.5, 0.6) is 0 Å². The van der Waals surface area contributed by atoms with Crippen molar-refractivity contribution in [1.29, 1.82) is 0 Å². The first-order valence-corrected chi connectivity index (χ1v) is 8.07. The molecule has 1 spiro atoms. The van der Waals surface area contributed by atoms with Crippen molar-refractivity contribution in [2.75, 3.05) is 13.2 Å². The summed E-state index contributed by atoms with van der Waals surface area (Å²) in [4.78, 5) is 19.2. The van der Waals surface area contributed by atoms with Gasteiger partial charge in [-0.15, -0.1) is 0 Å². The quantitative estimate of drug-likeness (QED) is 0.584. The van der Waals surface area contributed by atoms with Crippen molar-refractivity contribution in [3.05, 3.63) is 24.3 Å². The molecule has 138 valence electrons. The average molecular weight is 342 g/mol. The van der Waals surface area contributed by atoms with Crippen LogP contribution in [-0.4, -0.2) is 45.6 Å². The third-order valence-corrected chi connectivity index (χ3v) is 5.08. The molecule has 0 amide bonds. The first-order chi connectivity index (χ1) is 11.1. The van der Waals surface area contributed by atoms with E-state index in [9.17, 15) is 19.8 Å². The molecule has 0 saturated heterocycles. The molecule has 2 fully saturated rings. The number of aliphatic carboxylic acids is 2. The standard InChI is InChI=1S/C10H18O2.2C4H6O2/c11-7-10(8-12)6-2-5-9(10)3-1-4-9;2*1-3(2)4(5)6/h11-12H,1-8H2;2*1H2,2H3,(H,5,6). The maximum Gasteiger partial charge on any atom is 0.330 e. The highest BCUT2D eigenvalue weighted by Gasteiger charge is 2.56. The summed E-state index contributed by atoms with van der Waals surface area (Å²) >= 11 is 0. The minimum absolute atomic E-state index is 0.120. The fourth-order valence-corrected chi connectivity index (χ4v) is 3.22. The van der Waals surface area contributed by atoms with E-state index in [0.29, 0.717) is 5.41 Å². The lowest BCUT2D eigenvalue weighted by Crippen LogP contribution is -2.47. The molecule has 0 heterocycles. The van der Waals surface area contributed by atoms with Crippen LogP contribution >= 0.6 is 0 Å². The Morgan fingerprint density at radius 1 is 0.833 bits per heavy atom. The molecule has 0 radical (unpaired) electrons. The highest BCUT2D eigenvalue weighted by Crippen LogP contribution is 2.63. The minimum Gasteiger partial charge on any atom is -0.478 e. The molecular formula is C18H30O6. The van der Waals surface area contributed by atoms with Crippen molar-refractivity contribution in [2.24, 2.45) is 10.8 Å². The molecular weight excluding hydrogens is 312 g/mol. The number of carbonyl (C=O) groups is 2. The number of carboxylic acids is 2. The molecule has 2 aliphatic rings. The van der Waals surface area contributed by atoms with Crippen LogP contribution in [0.3, 0.4) is 0 Å². The Bertz CT molecular complexity index is 424. The van der Waals surface area contributed by atoms with Crippen LogP contribution < -0.4 is 0 Å². The molecule has 2 saturated carbocycles. The second kappa shape index (κ2) is 9.59. The Morgan fingerprint density at radius 2 is 1.12 bits per heavy atom. The van der Waals surface area contributed by atoms with Gasteiger partial charge in [-0.2, -0.15) is 0 Å². The molecule has 0 bridgehead atoms. The Hall–Kier alpha value is -1.66. The summed E-state index contributed by atoms with van der Waals surface area (Å²) in [7, 11) is 0. The van der Waals surface area contributed by atoms with Gasteiger partial charge in [-0.05, 0) is 44.9 Å². The highest BCUT2D eigenvalue weighted by atomic mass is 16.4. The second-order valence-corrected chi connectivity index (χ2v) is 6.75. The third kappa shape index (κ3) is 5.46. The van der Waals surface area contributed by atoms with E-state index >= 15 is 0 Å². The zero-order valence-electron chi connectivity index (χ0n) is 14.7. The van der Waals surface area contributed by atoms with Gasteiger partial charge in [0.15, 0.2) is 0 Å². The van der Waals surface area contributed by atoms with Gasteiger partial charge in [0.25, 0.3) is 0 Å². The van der Waals surface area contributed by atoms with Gasteiger partial charge in [0.2, 0.25) is 0 Å². The van der Waals surface area contributed by atoms with E-state index < -0.39 is 11.9 Å². The second-order valence-electron chi connectivity index (χ2n) is 6.75. The largest absolute Gasteiger partial charge is 0.478 e. The molecule has 2 aliphatic carbocycles. The Kier molecular flexibility index (Phi) is 8.93. The van der Waals surface area contributed by atoms with Crippen LogP contribution in [0.1, 0.15) is 52.4 Å². The van der Waals surface area contributed by atoms with Gasteiger partial charge in [-0.1, -0.05) is 26.0 Å². The van der Waals surface area contributed by atoms with Gasteiger partial charge < -0.3 is 20.4 Å². The number of hydrogen-bond acceptors (Lipinski definition) is 4. The maximum absolute atomic E-state index is 9.60. The van der Waals surface area contributed by atoms with Crippen LogP contribution in [0.2, 0.25) is 0 Å². The predicted octanol–water partition coefficient (Wildman–Crippen LogP) is 2.61. The van der Waals surface area contributed by atoms with Crippen LogP contribution in [-0.2, 0) is 9.59 Å². The van der Waals surface area contributed by atoms with Gasteiger partial charge in [0.1, 0.15) is 0 Å². The van der Waals surface area contributed by atoms with E-state index in [1.165, 1.54) is 46.0 Å². The Balaban J connectivity index is 0.000000377. The zero-order chi connectivity index (χ0) is 19.0. The van der Waals surface area contributed by atoms with E-state index in [1.54, 1.807) is 0 Å². The first kappa shape index (κ1) is 22.3. The average Bonchev–Trinajstić information content (AvgIpc) is 2.88. The Morgan fingerprint density at radius 3 is 1.29 bits per heavy atom. The normalized spacial score (nSPS) is 19.0. The minimum atomic E-state index is -0.935. The predicted molar refractivity (Wildman–Crippen MR) is 91.6 cm³/mol. The molecule has 6 nitrogen and oxygen atoms in total. The summed E-state index contributed by atoms with van der Waals surface area (Å²) in [6.07, 6.45) is 7.21. The van der Waals surface area contributed by atoms with Crippen LogP contribution in [0, 0.1) is 10.8 Å². The smallest absolute Gasteiger partial charge is 0.330 e. The van der Waals surface area contributed by atoms with Crippen LogP contribution in [0.4, 0.5) is 0 Å². The summed E-state index contributed by atoms with van der Waals surface area (Å²) in [5.41, 5.74) is 0.562. The summed E-state index contributed by atoms with van der Waals surface area (Å²) in [5.74, 6) is -1.87. The van der Waals surface area contributed by atoms with Crippen molar-refractivity contribution in [2.45, 2.75) is 52.4 Å². The van der Waals surface area contributed by atoms with E-state index in [-0.39, 0.29) is 29.8 Å². The molecule has 4 N–H and O–H groups in total. The molecule has 0 aromatic heterocycles. The molecule has 0 unspecified atom stereocenters. The van der Waals surface area contributed by atoms with E-state index in [1.807, 2.05) is 0 Å². The fourth-order valence-electron chi connectivity index (χ4n) is 3.22. The van der Waals surface area contributed by atoms with Gasteiger partial charge >= 0.3 is 11.9 Å². The van der Waals surface area contributed by atoms with Crippen molar-refractivity contribution in [1.82, 2.24) is 0 Å². The number of carboxylic acid groups (broad SMARTS) is 2. The fraction of sp³-hybridized carbons (Fsp3) is 0.667. The lowest BCUT2D eigenvalue weighted by Gasteiger charge is -2.50. The number of hydrogen-bond donors (Lipinski definition) is 4. The molecule has 0 atom stereocenters. The van der Waals surface area contributed by atoms with Crippen molar-refractivity contribution >= 4 is 11.9 Å². The van der Waals surface area contributed by atoms with Gasteiger partial charge in [0, 0.05) is 16.6 Å². The lowest BCUT2D eigenvalue weighted by atomic mass is 9.55. The molecule has 2 rings (SSSR count). The SMILES string of the molecule is C=C(C)C(=O)O.C=C(C)C(=O)O.OCC1(CO)CCCC12CCC2. The van der Waals surface area contributed by atoms with Crippen LogP contribution in [0.15, 0.2) is 24.3 Å². The number of rotatable bonds is 4. The zero-order valence-corrected chi connectivity index (χ0v) is 14.7. The number of aliphatic hydroxyl groups is 2. The van der Waals surface area contributed by atoms with Crippen molar-refractivity contribution in [3.63, 3.8) is 0 Å². The molecule has 0 aromatic carbocycles. The van der Waals surface area contributed by atoms with Gasteiger partial charge in [-0.25, -0.2) is 9.59 Å². The molecule has 6 heteroatoms. The molecule has 0 aliphatic heterocycles. The molecule has 0 aromatic rings. The van der Waals surface area contributed by atoms with Crippen LogP contribution in [0.25, 0.3) is 0 Å². The van der Waals surface area contributed by atoms with Crippen molar-refractivity contribution < 1.29 is 30.0 Å². The third-order valence-electron chi connectivity index (χ3n) is 5.08. The summed E-state index contributed by atoms with van der Waals surface area (Å²) in [6.45, 7) is 9.57. The first-order valence-electron chi connectivity index (χ1n) is 8.07. The van der Waals surface area contributed by atoms with Gasteiger partial charge in [0.05, 0.1) is 13.2 Å². The van der Waals surface area contributed by atoms with E-state index in [4.69, 9.17) is 10.2 Å². The topological polar surface area (TPSA) is 115 Å². The summed E-state index contributed by atoms with van der Waals surface area (Å²) < 4.78 is 0. The van der Waals surface area contributed by atoms with E-state index in [2.05, 4.69) is 13.2 Å². The lowest BCUT2D eigenvalue weighted by molar-refractivity contribution is -0.133. The van der Waals surface area contributed by atoms with Crippen molar-refractivity contribution in [3.8, 4) is 0 Å². The highest BCUT2D eigenvalue weighted by molar-refractivity contribution is 5.85. The Labute approximate surface area is 143 Å². The summed E-state index contributed by atoms with van der Waals surface area (Å²) in [5, 5.41) is 34.5. The molecule has 24 heavy (non-hydrogen) atoms. The van der Waals surface area contributed by atoms with E-state index in [0.717, 1.165) is 6.42 Å². The maximum atomic E-state index is 9.60. The monoisotopic (exact) mass is 342 g/mol.